The topological polar surface area (TPSA) is 0 Å². The zero-order valence-corrected chi connectivity index (χ0v) is 14.9. The molecule has 0 aliphatic carbocycles. The first-order chi connectivity index (χ1) is 11.6. The number of benzene rings is 3. The van der Waals surface area contributed by atoms with E-state index >= 15 is 0 Å². The third-order valence-corrected chi connectivity index (χ3v) is 4.75. The van der Waals surface area contributed by atoms with Gasteiger partial charge in [0, 0.05) is 0 Å². The van der Waals surface area contributed by atoms with Crippen LogP contribution in [0.1, 0.15) is 41.7 Å². The smallest absolute Gasteiger partial charge is 0.0178 e. The average molecular weight is 312 g/mol. The van der Waals surface area contributed by atoms with Crippen molar-refractivity contribution >= 4 is 28.5 Å². The maximum atomic E-state index is 2.27. The van der Waals surface area contributed by atoms with Gasteiger partial charge in [-0.2, -0.15) is 0 Å². The molecule has 3 rings (SSSR count). The molecule has 0 saturated heterocycles. The molecule has 0 atom stereocenters. The van der Waals surface area contributed by atoms with Crippen molar-refractivity contribution in [1.82, 2.24) is 0 Å². The van der Waals surface area contributed by atoms with Crippen LogP contribution in [0.5, 0.6) is 0 Å². The highest BCUT2D eigenvalue weighted by molar-refractivity contribution is 5.88. The number of aryl methyl sites for hydroxylation is 2. The standard InChI is InChI=1S/C24H24/c1-5-17(2)22-12-13-23-15-21(10-11-24(23)16-22)9-8-20-7-6-18(3)19(4)14-20/h5-16H,1-4H3. The minimum Gasteiger partial charge on any atom is -0.0841 e. The van der Waals surface area contributed by atoms with Crippen molar-refractivity contribution in [2.24, 2.45) is 0 Å². The largest absolute Gasteiger partial charge is 0.0841 e. The Kier molecular flexibility index (Phi) is 4.66. The van der Waals surface area contributed by atoms with Crippen molar-refractivity contribution in [3.05, 3.63) is 88.5 Å². The van der Waals surface area contributed by atoms with Crippen LogP contribution in [0.4, 0.5) is 0 Å². The molecular formula is C24H24. The predicted octanol–water partition coefficient (Wildman–Crippen LogP) is 7.05. The molecule has 0 radical (unpaired) electrons. The van der Waals surface area contributed by atoms with E-state index in [1.807, 2.05) is 0 Å². The van der Waals surface area contributed by atoms with Gasteiger partial charge in [0.25, 0.3) is 0 Å². The maximum Gasteiger partial charge on any atom is -0.0178 e. The molecule has 24 heavy (non-hydrogen) atoms. The van der Waals surface area contributed by atoms with Gasteiger partial charge in [-0.15, -0.1) is 0 Å². The normalized spacial score (nSPS) is 12.2. The third kappa shape index (κ3) is 3.49. The van der Waals surface area contributed by atoms with E-state index < -0.39 is 0 Å². The molecule has 120 valence electrons. The predicted molar refractivity (Wildman–Crippen MR) is 108 cm³/mol. The van der Waals surface area contributed by atoms with Crippen molar-refractivity contribution < 1.29 is 0 Å². The van der Waals surface area contributed by atoms with Gasteiger partial charge in [-0.05, 0) is 84.0 Å². The van der Waals surface area contributed by atoms with E-state index in [4.69, 9.17) is 0 Å². The van der Waals surface area contributed by atoms with Gasteiger partial charge < -0.3 is 0 Å². The fraction of sp³-hybridized carbons (Fsp3) is 0.167. The van der Waals surface area contributed by atoms with E-state index in [9.17, 15) is 0 Å². The van der Waals surface area contributed by atoms with Crippen LogP contribution in [0.2, 0.25) is 0 Å². The molecule has 0 bridgehead atoms. The summed E-state index contributed by atoms with van der Waals surface area (Å²) in [4.78, 5) is 0. The summed E-state index contributed by atoms with van der Waals surface area (Å²) in [6.45, 7) is 8.55. The second-order valence-electron chi connectivity index (χ2n) is 6.47. The van der Waals surface area contributed by atoms with Crippen molar-refractivity contribution in [1.29, 1.82) is 0 Å². The second-order valence-corrected chi connectivity index (χ2v) is 6.47. The second kappa shape index (κ2) is 6.88. The number of fused-ring (bicyclic) bond motifs is 1. The van der Waals surface area contributed by atoms with E-state index in [2.05, 4.69) is 101 Å². The van der Waals surface area contributed by atoms with Gasteiger partial charge in [-0.3, -0.25) is 0 Å². The lowest BCUT2D eigenvalue weighted by molar-refractivity contribution is 1.33. The average Bonchev–Trinajstić information content (AvgIpc) is 2.61. The molecule has 0 saturated carbocycles. The van der Waals surface area contributed by atoms with Crippen molar-refractivity contribution in [3.8, 4) is 0 Å². The first-order valence-electron chi connectivity index (χ1n) is 8.49. The van der Waals surface area contributed by atoms with Gasteiger partial charge >= 0.3 is 0 Å². The quantitative estimate of drug-likeness (QED) is 0.454. The van der Waals surface area contributed by atoms with E-state index in [1.165, 1.54) is 44.2 Å². The van der Waals surface area contributed by atoms with Crippen LogP contribution >= 0.6 is 0 Å². The SMILES string of the molecule is CC=C(C)c1ccc2cc(C=Cc3ccc(C)c(C)c3)ccc2c1. The van der Waals surface area contributed by atoms with Crippen LogP contribution in [0.3, 0.4) is 0 Å². The molecule has 0 fully saturated rings. The van der Waals surface area contributed by atoms with Gasteiger partial charge in [0.05, 0.1) is 0 Å². The zero-order valence-electron chi connectivity index (χ0n) is 14.9. The zero-order chi connectivity index (χ0) is 17.1. The number of hydrogen-bond acceptors (Lipinski definition) is 0. The van der Waals surface area contributed by atoms with Gasteiger partial charge in [0.1, 0.15) is 0 Å². The van der Waals surface area contributed by atoms with Crippen LogP contribution < -0.4 is 0 Å². The molecule has 3 aromatic rings. The molecule has 0 aliphatic heterocycles. The molecule has 0 N–H and O–H groups in total. The molecule has 0 aliphatic rings. The number of hydrogen-bond donors (Lipinski definition) is 0. The molecule has 3 aromatic carbocycles. The molecule has 0 heteroatoms. The lowest BCUT2D eigenvalue weighted by Gasteiger charge is -2.05. The van der Waals surface area contributed by atoms with E-state index in [0.29, 0.717) is 0 Å². The molecule has 0 spiro atoms. The van der Waals surface area contributed by atoms with Gasteiger partial charge in [0.15, 0.2) is 0 Å². The minimum absolute atomic E-state index is 1.23. The lowest BCUT2D eigenvalue weighted by Crippen LogP contribution is -1.82. The maximum absolute atomic E-state index is 2.27. The van der Waals surface area contributed by atoms with Crippen LogP contribution in [-0.2, 0) is 0 Å². The van der Waals surface area contributed by atoms with Crippen molar-refractivity contribution in [3.63, 3.8) is 0 Å². The van der Waals surface area contributed by atoms with Gasteiger partial charge in [0.2, 0.25) is 0 Å². The number of rotatable bonds is 3. The summed E-state index contributed by atoms with van der Waals surface area (Å²) in [5.74, 6) is 0. The van der Waals surface area contributed by atoms with Crippen molar-refractivity contribution in [2.75, 3.05) is 0 Å². The Balaban J connectivity index is 1.90. The third-order valence-electron chi connectivity index (χ3n) is 4.75. The lowest BCUT2D eigenvalue weighted by atomic mass is 10.00. The Bertz CT molecular complexity index is 939. The summed E-state index contributed by atoms with van der Waals surface area (Å²) >= 11 is 0. The highest BCUT2D eigenvalue weighted by atomic mass is 14.0. The fourth-order valence-electron chi connectivity index (χ4n) is 2.84. The minimum atomic E-state index is 1.23. The van der Waals surface area contributed by atoms with E-state index in [0.717, 1.165) is 0 Å². The molecular weight excluding hydrogens is 288 g/mol. The van der Waals surface area contributed by atoms with Crippen LogP contribution in [0, 0.1) is 13.8 Å². The molecule has 0 aromatic heterocycles. The summed E-state index contributed by atoms with van der Waals surface area (Å²) < 4.78 is 0. The Morgan fingerprint density at radius 2 is 1.33 bits per heavy atom. The summed E-state index contributed by atoms with van der Waals surface area (Å²) in [7, 11) is 0. The Morgan fingerprint density at radius 1 is 0.708 bits per heavy atom. The summed E-state index contributed by atoms with van der Waals surface area (Å²) in [5, 5.41) is 2.57. The molecule has 0 unspecified atom stereocenters. The summed E-state index contributed by atoms with van der Waals surface area (Å²) in [6, 6.07) is 19.9. The monoisotopic (exact) mass is 312 g/mol. The van der Waals surface area contributed by atoms with E-state index in [1.54, 1.807) is 0 Å². The number of allylic oxidation sites excluding steroid dienone is 2. The van der Waals surface area contributed by atoms with Crippen LogP contribution in [-0.4, -0.2) is 0 Å². The summed E-state index contributed by atoms with van der Waals surface area (Å²) in [5.41, 5.74) is 7.76. The first-order valence-corrected chi connectivity index (χ1v) is 8.49. The highest BCUT2D eigenvalue weighted by Crippen LogP contribution is 2.23. The Hall–Kier alpha value is -2.60. The summed E-state index contributed by atoms with van der Waals surface area (Å²) in [6.07, 6.45) is 6.53. The Morgan fingerprint density at radius 3 is 2.04 bits per heavy atom. The van der Waals surface area contributed by atoms with E-state index in [-0.39, 0.29) is 0 Å². The Labute approximate surface area is 145 Å². The highest BCUT2D eigenvalue weighted by Gasteiger charge is 1.99. The first kappa shape index (κ1) is 16.3. The van der Waals surface area contributed by atoms with Gasteiger partial charge in [-0.25, -0.2) is 0 Å². The molecule has 0 amide bonds. The molecule has 0 heterocycles. The molecule has 0 nitrogen and oxygen atoms in total. The van der Waals surface area contributed by atoms with Crippen LogP contribution in [0.15, 0.2) is 60.7 Å². The van der Waals surface area contributed by atoms with Gasteiger partial charge in [-0.1, -0.05) is 60.7 Å². The van der Waals surface area contributed by atoms with Crippen molar-refractivity contribution in [2.45, 2.75) is 27.7 Å². The fourth-order valence-corrected chi connectivity index (χ4v) is 2.84. The van der Waals surface area contributed by atoms with Crippen LogP contribution in [0.25, 0.3) is 28.5 Å².